The molecule has 2 fully saturated rings. The highest BCUT2D eigenvalue weighted by atomic mass is 35.5. The minimum absolute atomic E-state index is 0.00774. The van der Waals surface area contributed by atoms with Crippen LogP contribution in [-0.2, 0) is 0 Å². The summed E-state index contributed by atoms with van der Waals surface area (Å²) in [6, 6.07) is 1.13. The molecule has 0 amide bonds. The van der Waals surface area contributed by atoms with E-state index in [0.717, 1.165) is 31.7 Å². The van der Waals surface area contributed by atoms with E-state index in [1.807, 2.05) is 4.90 Å². The van der Waals surface area contributed by atoms with Crippen molar-refractivity contribution in [1.29, 1.82) is 0 Å². The Morgan fingerprint density at radius 1 is 1.34 bits per heavy atom. The van der Waals surface area contributed by atoms with Crippen molar-refractivity contribution in [1.82, 2.24) is 4.57 Å². The fraction of sp³-hybridized carbons (Fsp3) is 0.455. The number of fused-ring (bicyclic) bond motifs is 2. The zero-order valence-electron chi connectivity index (χ0n) is 17.2. The Morgan fingerprint density at radius 2 is 2.09 bits per heavy atom. The summed E-state index contributed by atoms with van der Waals surface area (Å²) in [4.78, 5) is 37.2. The predicted molar refractivity (Wildman–Crippen MR) is 119 cm³/mol. The summed E-state index contributed by atoms with van der Waals surface area (Å²) in [5.74, 6) is -1.42. The zero-order chi connectivity index (χ0) is 22.7. The van der Waals surface area contributed by atoms with Gasteiger partial charge in [-0.05, 0) is 37.3 Å². The number of halogens is 2. The fourth-order valence-electron chi connectivity index (χ4n) is 4.98. The first kappa shape index (κ1) is 21.1. The largest absolute Gasteiger partial charge is 0.363 e. The number of ketones is 1. The summed E-state index contributed by atoms with van der Waals surface area (Å²) < 4.78 is 17.1. The minimum Gasteiger partial charge on any atom is -0.363 e. The second-order valence-electron chi connectivity index (χ2n) is 8.85. The quantitative estimate of drug-likeness (QED) is 0.317. The van der Waals surface area contributed by atoms with Gasteiger partial charge in [0, 0.05) is 42.2 Å². The second kappa shape index (κ2) is 7.67. The van der Waals surface area contributed by atoms with E-state index < -0.39 is 28.5 Å². The third-order valence-corrected chi connectivity index (χ3v) is 7.06. The fourth-order valence-corrected chi connectivity index (χ4v) is 5.39. The number of anilines is 1. The average Bonchev–Trinajstić information content (AvgIpc) is 3.47. The molecule has 2 atom stereocenters. The maximum absolute atomic E-state index is 15.4. The molecule has 1 saturated carbocycles. The molecule has 1 aliphatic heterocycles. The molecule has 3 aliphatic rings. The van der Waals surface area contributed by atoms with Crippen LogP contribution in [0.5, 0.6) is 0 Å². The van der Waals surface area contributed by atoms with Crippen LogP contribution in [0.2, 0.25) is 5.02 Å². The summed E-state index contributed by atoms with van der Waals surface area (Å²) in [5.41, 5.74) is 6.99. The van der Waals surface area contributed by atoms with Gasteiger partial charge < -0.3 is 15.2 Å². The normalized spacial score (nSPS) is 22.7. The first-order valence-electron chi connectivity index (χ1n) is 10.7. The number of hydrogen-bond donors (Lipinski definition) is 1. The molecule has 2 heterocycles. The van der Waals surface area contributed by atoms with E-state index in [1.165, 1.54) is 11.8 Å². The van der Waals surface area contributed by atoms with E-state index in [4.69, 9.17) is 17.3 Å². The average molecular weight is 461 g/mol. The van der Waals surface area contributed by atoms with Gasteiger partial charge >= 0.3 is 0 Å². The van der Waals surface area contributed by atoms with Crippen LogP contribution in [0.15, 0.2) is 28.7 Å². The number of nitrogens with zero attached hydrogens (tertiary/aromatic N) is 3. The monoisotopic (exact) mass is 460 g/mol. The maximum atomic E-state index is 15.4. The van der Waals surface area contributed by atoms with E-state index in [9.17, 15) is 19.7 Å². The number of benzene rings is 1. The van der Waals surface area contributed by atoms with Crippen molar-refractivity contribution in [3.8, 4) is 0 Å². The molecule has 2 unspecified atom stereocenters. The van der Waals surface area contributed by atoms with Crippen molar-refractivity contribution in [3.05, 3.63) is 60.7 Å². The Labute approximate surface area is 187 Å². The van der Waals surface area contributed by atoms with E-state index in [0.29, 0.717) is 18.6 Å². The number of hydrogen-bond acceptors (Lipinski definition) is 6. The number of rotatable bonds is 5. The Kier molecular flexibility index (Phi) is 5.05. The molecule has 0 radical (unpaired) electrons. The number of Topliss-reactive ketones (excluding diaryl/α,β-unsaturated/α-hetero) is 1. The molecule has 2 aliphatic carbocycles. The van der Waals surface area contributed by atoms with Crippen LogP contribution < -0.4 is 16.1 Å². The van der Waals surface area contributed by atoms with Crippen LogP contribution in [0.1, 0.15) is 42.1 Å². The highest BCUT2D eigenvalue weighted by Gasteiger charge is 2.37. The van der Waals surface area contributed by atoms with Crippen LogP contribution in [-0.4, -0.2) is 40.9 Å². The molecular formula is C22H22ClFN4O4. The third-order valence-electron chi connectivity index (χ3n) is 6.70. The molecular weight excluding hydrogens is 439 g/mol. The summed E-state index contributed by atoms with van der Waals surface area (Å²) in [6.07, 6.45) is 6.93. The van der Waals surface area contributed by atoms with Crippen molar-refractivity contribution < 1.29 is 14.1 Å². The second-order valence-corrected chi connectivity index (χ2v) is 9.23. The predicted octanol–water partition coefficient (Wildman–Crippen LogP) is 3.07. The molecule has 1 aromatic carbocycles. The Hall–Kier alpha value is -2.78. The van der Waals surface area contributed by atoms with E-state index in [1.54, 1.807) is 4.57 Å². The van der Waals surface area contributed by atoms with Gasteiger partial charge in [-0.1, -0.05) is 17.7 Å². The van der Waals surface area contributed by atoms with Gasteiger partial charge in [0.1, 0.15) is 5.82 Å². The zero-order valence-corrected chi connectivity index (χ0v) is 18.0. The lowest BCUT2D eigenvalue weighted by atomic mass is 9.86. The van der Waals surface area contributed by atoms with Gasteiger partial charge in [-0.2, -0.15) is 0 Å². The molecule has 2 aromatic rings. The van der Waals surface area contributed by atoms with E-state index >= 15 is 4.39 Å². The molecule has 1 aromatic heterocycles. The van der Waals surface area contributed by atoms with Crippen LogP contribution in [0.3, 0.4) is 0 Å². The lowest BCUT2D eigenvalue weighted by Crippen LogP contribution is -2.34. The highest BCUT2D eigenvalue weighted by molar-refractivity contribution is 6.38. The van der Waals surface area contributed by atoms with Crippen molar-refractivity contribution >= 4 is 34.0 Å². The molecule has 5 rings (SSSR count). The molecule has 0 bridgehead atoms. The van der Waals surface area contributed by atoms with Crippen molar-refractivity contribution in [2.24, 2.45) is 11.7 Å². The van der Waals surface area contributed by atoms with Gasteiger partial charge in [-0.3, -0.25) is 19.7 Å². The first-order valence-corrected chi connectivity index (χ1v) is 11.1. The van der Waals surface area contributed by atoms with E-state index in [2.05, 4.69) is 6.08 Å². The topological polar surface area (TPSA) is 111 Å². The summed E-state index contributed by atoms with van der Waals surface area (Å²) in [6.45, 7) is 0.0695. The van der Waals surface area contributed by atoms with Crippen molar-refractivity contribution in [2.75, 3.05) is 24.5 Å². The summed E-state index contributed by atoms with van der Waals surface area (Å²) >= 11 is 6.74. The Morgan fingerprint density at radius 3 is 2.75 bits per heavy atom. The van der Waals surface area contributed by atoms with Gasteiger partial charge in [0.15, 0.2) is 0 Å². The molecule has 32 heavy (non-hydrogen) atoms. The van der Waals surface area contributed by atoms with Crippen LogP contribution in [0.4, 0.5) is 10.1 Å². The van der Waals surface area contributed by atoms with Gasteiger partial charge in [-0.15, -0.1) is 0 Å². The molecule has 8 nitrogen and oxygen atoms in total. The standard InChI is InChI=1S/C22H22ClFN4O4/c23-19-20-13(22(30)15(18(29)10-28(31)32)9-27(20)12-4-5-12)6-16(24)21(19)26-7-11-2-1-3-17(25)14(11)8-26/h2,6,9,12,14,17H,1,3-5,7-8,10,25H2. The number of nitro groups is 1. The number of carbonyl (C=O) groups is 1. The van der Waals surface area contributed by atoms with E-state index in [-0.39, 0.29) is 39.7 Å². The van der Waals surface area contributed by atoms with Crippen LogP contribution in [0, 0.1) is 21.8 Å². The van der Waals surface area contributed by atoms with Gasteiger partial charge in [0.2, 0.25) is 11.2 Å². The first-order chi connectivity index (χ1) is 15.3. The SMILES string of the molecule is NC1CCC=C2CN(c3c(F)cc4c(=O)c(C(=O)C[N+](=O)[O-])cn(C5CC5)c4c3Cl)CC21. The van der Waals surface area contributed by atoms with Crippen molar-refractivity contribution in [3.63, 3.8) is 0 Å². The Bertz CT molecular complexity index is 1250. The molecule has 1 saturated heterocycles. The lowest BCUT2D eigenvalue weighted by molar-refractivity contribution is -0.465. The third kappa shape index (κ3) is 3.40. The van der Waals surface area contributed by atoms with Gasteiger partial charge in [0.25, 0.3) is 6.54 Å². The number of carbonyl (C=O) groups excluding carboxylic acids is 1. The molecule has 2 N–H and O–H groups in total. The molecule has 168 valence electrons. The number of aromatic nitrogens is 1. The molecule has 10 heteroatoms. The highest BCUT2D eigenvalue weighted by Crippen LogP contribution is 2.44. The molecule has 0 spiro atoms. The number of allylic oxidation sites excluding steroid dienone is 1. The summed E-state index contributed by atoms with van der Waals surface area (Å²) in [5, 5.41) is 10.9. The smallest absolute Gasteiger partial charge is 0.266 e. The summed E-state index contributed by atoms with van der Waals surface area (Å²) in [7, 11) is 0. The minimum atomic E-state index is -0.996. The lowest BCUT2D eigenvalue weighted by Gasteiger charge is -2.25. The van der Waals surface area contributed by atoms with Crippen molar-refractivity contribution in [2.45, 2.75) is 37.8 Å². The van der Waals surface area contributed by atoms with Gasteiger partial charge in [0.05, 0.1) is 27.2 Å². The Balaban J connectivity index is 1.67. The number of pyridine rings is 1. The maximum Gasteiger partial charge on any atom is 0.266 e. The van der Waals surface area contributed by atoms with Crippen LogP contribution >= 0.6 is 11.6 Å². The van der Waals surface area contributed by atoms with Crippen LogP contribution in [0.25, 0.3) is 10.9 Å². The number of nitrogens with two attached hydrogens (primary N) is 1. The van der Waals surface area contributed by atoms with Gasteiger partial charge in [-0.25, -0.2) is 4.39 Å².